The number of alkyl halides is 2. The summed E-state index contributed by atoms with van der Waals surface area (Å²) < 4.78 is 37.9. The summed E-state index contributed by atoms with van der Waals surface area (Å²) in [6, 6.07) is 3.77. The van der Waals surface area contributed by atoms with Crippen molar-refractivity contribution in [2.45, 2.75) is 6.43 Å². The first-order chi connectivity index (χ1) is 8.10. The summed E-state index contributed by atoms with van der Waals surface area (Å²) in [4.78, 5) is 11.8. The highest BCUT2D eigenvalue weighted by Crippen LogP contribution is 2.22. The first-order valence-electron chi connectivity index (χ1n) is 4.97. The Kier molecular flexibility index (Phi) is 4.96. The molecular weight excluding hydrogens is 235 g/mol. The smallest absolute Gasteiger partial charge is 0.255 e. The third-order valence-corrected chi connectivity index (χ3v) is 2.22. The van der Waals surface area contributed by atoms with Crippen LogP contribution in [-0.4, -0.2) is 37.5 Å². The summed E-state index contributed by atoms with van der Waals surface area (Å²) in [5.41, 5.74) is -0.212. The van der Waals surface area contributed by atoms with Gasteiger partial charge in [0.05, 0.1) is 24.4 Å². The highest BCUT2D eigenvalue weighted by Gasteiger charge is 2.17. The second-order valence-electron chi connectivity index (χ2n) is 3.35. The Labute approximate surface area is 96.5 Å². The lowest BCUT2D eigenvalue weighted by Crippen LogP contribution is -2.32. The molecule has 1 rings (SSSR count). The predicted molar refractivity (Wildman–Crippen MR) is 57.1 cm³/mol. The largest absolute Gasteiger partial charge is 0.395 e. The SMILES string of the molecule is O=Cc1c(F)cccc1N(CCO)CC(F)F. The number of hydrogen-bond acceptors (Lipinski definition) is 3. The summed E-state index contributed by atoms with van der Waals surface area (Å²) in [7, 11) is 0. The number of hydrogen-bond donors (Lipinski definition) is 1. The zero-order valence-electron chi connectivity index (χ0n) is 8.94. The van der Waals surface area contributed by atoms with Gasteiger partial charge in [0.2, 0.25) is 0 Å². The Hall–Kier alpha value is -1.56. The van der Waals surface area contributed by atoms with Gasteiger partial charge in [-0.15, -0.1) is 0 Å². The van der Waals surface area contributed by atoms with Gasteiger partial charge >= 0.3 is 0 Å². The highest BCUT2D eigenvalue weighted by molar-refractivity contribution is 5.85. The fraction of sp³-hybridized carbons (Fsp3) is 0.364. The summed E-state index contributed by atoms with van der Waals surface area (Å²) in [5, 5.41) is 8.78. The van der Waals surface area contributed by atoms with Gasteiger partial charge in [-0.2, -0.15) is 0 Å². The van der Waals surface area contributed by atoms with Crippen LogP contribution in [0.1, 0.15) is 10.4 Å². The Bertz CT molecular complexity index is 385. The minimum atomic E-state index is -2.63. The minimum absolute atomic E-state index is 0.0642. The molecule has 0 aliphatic carbocycles. The van der Waals surface area contributed by atoms with Gasteiger partial charge in [0.15, 0.2) is 6.29 Å². The van der Waals surface area contributed by atoms with E-state index in [1.165, 1.54) is 12.1 Å². The maximum Gasteiger partial charge on any atom is 0.255 e. The number of rotatable bonds is 6. The molecule has 0 saturated heterocycles. The number of carbonyl (C=O) groups is 1. The van der Waals surface area contributed by atoms with Crippen molar-refractivity contribution in [3.63, 3.8) is 0 Å². The third-order valence-electron chi connectivity index (χ3n) is 2.22. The van der Waals surface area contributed by atoms with Crippen LogP contribution in [0.4, 0.5) is 18.9 Å². The van der Waals surface area contributed by atoms with Gasteiger partial charge in [0.1, 0.15) is 5.82 Å². The summed E-state index contributed by atoms with van der Waals surface area (Å²) >= 11 is 0. The third kappa shape index (κ3) is 3.45. The van der Waals surface area contributed by atoms with E-state index in [-0.39, 0.29) is 30.7 Å². The quantitative estimate of drug-likeness (QED) is 0.778. The van der Waals surface area contributed by atoms with Crippen molar-refractivity contribution in [1.29, 1.82) is 0 Å². The van der Waals surface area contributed by atoms with Crippen molar-refractivity contribution in [2.75, 3.05) is 24.6 Å². The average molecular weight is 247 g/mol. The van der Waals surface area contributed by atoms with Crippen LogP contribution in [0.25, 0.3) is 0 Å². The van der Waals surface area contributed by atoms with Gasteiger partial charge in [0.25, 0.3) is 6.43 Å². The number of benzene rings is 1. The van der Waals surface area contributed by atoms with E-state index >= 15 is 0 Å². The number of anilines is 1. The normalized spacial score (nSPS) is 10.6. The van der Waals surface area contributed by atoms with E-state index in [4.69, 9.17) is 5.11 Å². The second kappa shape index (κ2) is 6.24. The van der Waals surface area contributed by atoms with Crippen LogP contribution in [0.5, 0.6) is 0 Å². The van der Waals surface area contributed by atoms with Crippen molar-refractivity contribution in [1.82, 2.24) is 0 Å². The summed E-state index contributed by atoms with van der Waals surface area (Å²) in [6.45, 7) is -1.11. The molecule has 17 heavy (non-hydrogen) atoms. The van der Waals surface area contributed by atoms with Crippen LogP contribution in [0.3, 0.4) is 0 Å². The number of aliphatic hydroxyl groups excluding tert-OH is 1. The zero-order chi connectivity index (χ0) is 12.8. The van der Waals surface area contributed by atoms with Crippen molar-refractivity contribution in [3.05, 3.63) is 29.6 Å². The molecule has 0 amide bonds. The van der Waals surface area contributed by atoms with Gasteiger partial charge in [-0.1, -0.05) is 6.07 Å². The number of halogens is 3. The van der Waals surface area contributed by atoms with E-state index in [1.807, 2.05) is 0 Å². The van der Waals surface area contributed by atoms with E-state index in [2.05, 4.69) is 0 Å². The first kappa shape index (κ1) is 13.5. The molecule has 0 radical (unpaired) electrons. The zero-order valence-corrected chi connectivity index (χ0v) is 8.94. The Morgan fingerprint density at radius 1 is 1.41 bits per heavy atom. The molecular formula is C11H12F3NO2. The first-order valence-corrected chi connectivity index (χ1v) is 4.97. The van der Waals surface area contributed by atoms with Crippen molar-refractivity contribution in [3.8, 4) is 0 Å². The Morgan fingerprint density at radius 2 is 2.12 bits per heavy atom. The molecule has 0 heterocycles. The number of carbonyl (C=O) groups excluding carboxylic acids is 1. The molecule has 0 fully saturated rings. The van der Waals surface area contributed by atoms with Crippen LogP contribution in [-0.2, 0) is 0 Å². The fourth-order valence-electron chi connectivity index (χ4n) is 1.52. The van der Waals surface area contributed by atoms with Crippen LogP contribution in [0.2, 0.25) is 0 Å². The monoisotopic (exact) mass is 247 g/mol. The fourth-order valence-corrected chi connectivity index (χ4v) is 1.52. The second-order valence-corrected chi connectivity index (χ2v) is 3.35. The lowest BCUT2D eigenvalue weighted by Gasteiger charge is -2.24. The number of aliphatic hydroxyl groups is 1. The summed E-state index contributed by atoms with van der Waals surface area (Å²) in [6.07, 6.45) is -2.36. The standard InChI is InChI=1S/C11H12F3NO2/c12-9-2-1-3-10(8(9)7-17)15(4-5-16)6-11(13)14/h1-3,7,11,16H,4-6H2. The minimum Gasteiger partial charge on any atom is -0.395 e. The predicted octanol–water partition coefficient (Wildman–Crippen LogP) is 1.70. The van der Waals surface area contributed by atoms with E-state index in [9.17, 15) is 18.0 Å². The number of aldehydes is 1. The Balaban J connectivity index is 3.08. The summed E-state index contributed by atoms with van der Waals surface area (Å²) in [5.74, 6) is -0.769. The van der Waals surface area contributed by atoms with Crippen molar-refractivity contribution < 1.29 is 23.1 Å². The maximum atomic E-state index is 13.3. The molecule has 3 nitrogen and oxygen atoms in total. The molecule has 0 bridgehead atoms. The molecule has 0 aliphatic heterocycles. The van der Waals surface area contributed by atoms with E-state index in [0.717, 1.165) is 11.0 Å². The highest BCUT2D eigenvalue weighted by atomic mass is 19.3. The van der Waals surface area contributed by atoms with Crippen LogP contribution in [0, 0.1) is 5.82 Å². The molecule has 0 spiro atoms. The van der Waals surface area contributed by atoms with E-state index < -0.39 is 18.8 Å². The van der Waals surface area contributed by atoms with E-state index in [1.54, 1.807) is 0 Å². The maximum absolute atomic E-state index is 13.3. The van der Waals surface area contributed by atoms with Gasteiger partial charge in [-0.3, -0.25) is 4.79 Å². The lowest BCUT2D eigenvalue weighted by molar-refractivity contribution is 0.111. The molecule has 94 valence electrons. The molecule has 0 atom stereocenters. The number of nitrogens with zero attached hydrogens (tertiary/aromatic N) is 1. The van der Waals surface area contributed by atoms with Crippen LogP contribution in [0.15, 0.2) is 18.2 Å². The van der Waals surface area contributed by atoms with Crippen molar-refractivity contribution in [2.24, 2.45) is 0 Å². The van der Waals surface area contributed by atoms with Crippen molar-refractivity contribution >= 4 is 12.0 Å². The Morgan fingerprint density at radius 3 is 2.65 bits per heavy atom. The average Bonchev–Trinajstić information content (AvgIpc) is 2.27. The van der Waals surface area contributed by atoms with Crippen LogP contribution >= 0.6 is 0 Å². The molecule has 1 aromatic carbocycles. The van der Waals surface area contributed by atoms with Gasteiger partial charge in [-0.25, -0.2) is 13.2 Å². The molecule has 0 aromatic heterocycles. The molecule has 6 heteroatoms. The molecule has 1 N–H and O–H groups in total. The topological polar surface area (TPSA) is 40.5 Å². The molecule has 0 aliphatic rings. The van der Waals surface area contributed by atoms with Crippen LogP contribution < -0.4 is 4.90 Å². The molecule has 0 unspecified atom stereocenters. The molecule has 1 aromatic rings. The van der Waals surface area contributed by atoms with Gasteiger partial charge < -0.3 is 10.0 Å². The van der Waals surface area contributed by atoms with Gasteiger partial charge in [-0.05, 0) is 12.1 Å². The van der Waals surface area contributed by atoms with E-state index in [0.29, 0.717) is 0 Å². The van der Waals surface area contributed by atoms with Gasteiger partial charge in [0, 0.05) is 6.54 Å². The molecule has 0 saturated carbocycles. The lowest BCUT2D eigenvalue weighted by atomic mass is 10.1.